The molecule has 1 saturated heterocycles. The number of halogens is 1. The number of amides is 1. The van der Waals surface area contributed by atoms with Crippen LogP contribution in [0.4, 0.5) is 4.39 Å². The van der Waals surface area contributed by atoms with Crippen LogP contribution >= 0.6 is 0 Å². The van der Waals surface area contributed by atoms with Gasteiger partial charge in [-0.15, -0.1) is 0 Å². The molecule has 2 atom stereocenters. The van der Waals surface area contributed by atoms with Gasteiger partial charge in [0.15, 0.2) is 5.82 Å². The largest absolute Gasteiger partial charge is 0.497 e. The van der Waals surface area contributed by atoms with Gasteiger partial charge >= 0.3 is 0 Å². The first-order valence-electron chi connectivity index (χ1n) is 7.30. The van der Waals surface area contributed by atoms with Crippen LogP contribution in [-0.2, 0) is 4.74 Å². The van der Waals surface area contributed by atoms with Gasteiger partial charge in [0.2, 0.25) is 0 Å². The maximum absolute atomic E-state index is 13.8. The van der Waals surface area contributed by atoms with E-state index in [0.29, 0.717) is 18.1 Å². The second kappa shape index (κ2) is 6.74. The highest BCUT2D eigenvalue weighted by Crippen LogP contribution is 2.30. The summed E-state index contributed by atoms with van der Waals surface area (Å²) < 4.78 is 24.6. The van der Waals surface area contributed by atoms with Crippen molar-refractivity contribution in [2.45, 2.75) is 25.0 Å². The highest BCUT2D eigenvalue weighted by molar-refractivity contribution is 5.94. The van der Waals surface area contributed by atoms with E-state index < -0.39 is 11.7 Å². The standard InChI is InChI=1S/C15H17FN4O3/c1-22-9-2-4-11(12(16)6-9)15(21)17-7-10-3-5-13(23-10)14-18-8-19-20-14/h2,4,6,8,10,13H,3,5,7H2,1H3,(H,17,21)(H,18,19,20)/t10-,13+/m1/s1. The summed E-state index contributed by atoms with van der Waals surface area (Å²) in [5.74, 6) is -0.0429. The molecule has 23 heavy (non-hydrogen) atoms. The molecule has 122 valence electrons. The molecule has 0 aliphatic carbocycles. The second-order valence-corrected chi connectivity index (χ2v) is 5.25. The summed E-state index contributed by atoms with van der Waals surface area (Å²) in [5.41, 5.74) is -0.0180. The number of methoxy groups -OCH3 is 1. The lowest BCUT2D eigenvalue weighted by molar-refractivity contribution is 0.0392. The molecule has 1 aromatic carbocycles. The predicted molar refractivity (Wildman–Crippen MR) is 78.5 cm³/mol. The lowest BCUT2D eigenvalue weighted by Gasteiger charge is -2.13. The lowest BCUT2D eigenvalue weighted by atomic mass is 10.1. The molecule has 0 spiro atoms. The van der Waals surface area contributed by atoms with Crippen molar-refractivity contribution in [2.24, 2.45) is 0 Å². The number of hydrogen-bond acceptors (Lipinski definition) is 5. The minimum Gasteiger partial charge on any atom is -0.497 e. The first kappa shape index (κ1) is 15.4. The van der Waals surface area contributed by atoms with Crippen molar-refractivity contribution in [3.63, 3.8) is 0 Å². The first-order valence-corrected chi connectivity index (χ1v) is 7.30. The number of rotatable bonds is 5. The monoisotopic (exact) mass is 320 g/mol. The zero-order chi connectivity index (χ0) is 16.2. The van der Waals surface area contributed by atoms with Gasteiger partial charge in [-0.3, -0.25) is 9.89 Å². The van der Waals surface area contributed by atoms with Crippen molar-refractivity contribution in [3.05, 3.63) is 41.7 Å². The number of nitrogens with one attached hydrogen (secondary N) is 2. The summed E-state index contributed by atoms with van der Waals surface area (Å²) >= 11 is 0. The van der Waals surface area contributed by atoms with E-state index in [2.05, 4.69) is 20.5 Å². The molecule has 3 rings (SSSR count). The molecule has 1 fully saturated rings. The van der Waals surface area contributed by atoms with Crippen LogP contribution in [0.1, 0.15) is 35.1 Å². The van der Waals surface area contributed by atoms with Crippen LogP contribution in [0.15, 0.2) is 24.5 Å². The van der Waals surface area contributed by atoms with Crippen molar-refractivity contribution < 1.29 is 18.7 Å². The topological polar surface area (TPSA) is 89.1 Å². The van der Waals surface area contributed by atoms with Crippen LogP contribution in [0, 0.1) is 5.82 Å². The van der Waals surface area contributed by atoms with Crippen LogP contribution < -0.4 is 10.1 Å². The number of carbonyl (C=O) groups excluding carboxylic acids is 1. The fourth-order valence-corrected chi connectivity index (χ4v) is 2.54. The van der Waals surface area contributed by atoms with E-state index in [1.807, 2.05) is 0 Å². The van der Waals surface area contributed by atoms with Gasteiger partial charge in [0.25, 0.3) is 5.91 Å². The van der Waals surface area contributed by atoms with Gasteiger partial charge in [0.05, 0.1) is 18.8 Å². The van der Waals surface area contributed by atoms with Crippen molar-refractivity contribution in [3.8, 4) is 5.75 Å². The van der Waals surface area contributed by atoms with E-state index in [9.17, 15) is 9.18 Å². The fraction of sp³-hybridized carbons (Fsp3) is 0.400. The number of H-pyrrole nitrogens is 1. The minimum absolute atomic E-state index is 0.0180. The average Bonchev–Trinajstić information content (AvgIpc) is 3.23. The van der Waals surface area contributed by atoms with Crippen LogP contribution in [0.25, 0.3) is 0 Å². The molecule has 1 aliphatic rings. The Morgan fingerprint density at radius 1 is 1.52 bits per heavy atom. The zero-order valence-corrected chi connectivity index (χ0v) is 12.6. The summed E-state index contributed by atoms with van der Waals surface area (Å²) in [5, 5.41) is 9.26. The van der Waals surface area contributed by atoms with E-state index >= 15 is 0 Å². The Balaban J connectivity index is 1.53. The molecule has 8 heteroatoms. The molecule has 7 nitrogen and oxygen atoms in total. The summed E-state index contributed by atoms with van der Waals surface area (Å²) in [7, 11) is 1.44. The van der Waals surface area contributed by atoms with Crippen LogP contribution in [0.5, 0.6) is 5.75 Å². The minimum atomic E-state index is -0.617. The summed E-state index contributed by atoms with van der Waals surface area (Å²) in [6.45, 7) is 0.314. The zero-order valence-electron chi connectivity index (χ0n) is 12.6. The van der Waals surface area contributed by atoms with Crippen LogP contribution in [0.2, 0.25) is 0 Å². The van der Waals surface area contributed by atoms with Gasteiger partial charge < -0.3 is 14.8 Å². The van der Waals surface area contributed by atoms with Crippen molar-refractivity contribution in [2.75, 3.05) is 13.7 Å². The predicted octanol–water partition coefficient (Wildman–Crippen LogP) is 1.60. The number of aromatic amines is 1. The Labute approximate surface area is 132 Å². The summed E-state index contributed by atoms with van der Waals surface area (Å²) in [6.07, 6.45) is 2.75. The third-order valence-corrected chi connectivity index (χ3v) is 3.76. The maximum atomic E-state index is 13.8. The molecule has 1 amide bonds. The molecule has 2 aromatic rings. The molecule has 1 aliphatic heterocycles. The van der Waals surface area contributed by atoms with E-state index in [1.165, 1.54) is 25.6 Å². The Hall–Kier alpha value is -2.48. The van der Waals surface area contributed by atoms with Gasteiger partial charge in [0.1, 0.15) is 24.0 Å². The smallest absolute Gasteiger partial charge is 0.254 e. The molecule has 1 aromatic heterocycles. The Morgan fingerprint density at radius 3 is 3.09 bits per heavy atom. The summed E-state index contributed by atoms with van der Waals surface area (Å²) in [6, 6.07) is 4.13. The third kappa shape index (κ3) is 3.48. The van der Waals surface area contributed by atoms with Gasteiger partial charge in [-0.2, -0.15) is 5.10 Å². The normalized spacial score (nSPS) is 20.4. The van der Waals surface area contributed by atoms with Gasteiger partial charge in [-0.1, -0.05) is 0 Å². The second-order valence-electron chi connectivity index (χ2n) is 5.25. The number of benzene rings is 1. The van der Waals surface area contributed by atoms with E-state index in [1.54, 1.807) is 6.07 Å². The number of aromatic nitrogens is 3. The molecule has 2 N–H and O–H groups in total. The molecule has 0 unspecified atom stereocenters. The van der Waals surface area contributed by atoms with Crippen molar-refractivity contribution >= 4 is 5.91 Å². The van der Waals surface area contributed by atoms with Gasteiger partial charge in [-0.25, -0.2) is 9.37 Å². The van der Waals surface area contributed by atoms with E-state index in [-0.39, 0.29) is 17.8 Å². The molecular weight excluding hydrogens is 303 g/mol. The maximum Gasteiger partial charge on any atom is 0.254 e. The molecule has 0 bridgehead atoms. The molecule has 0 saturated carbocycles. The highest BCUT2D eigenvalue weighted by atomic mass is 19.1. The Bertz CT molecular complexity index is 677. The lowest BCUT2D eigenvalue weighted by Crippen LogP contribution is -2.32. The Morgan fingerprint density at radius 2 is 2.39 bits per heavy atom. The van der Waals surface area contributed by atoms with Gasteiger partial charge in [0, 0.05) is 12.6 Å². The Kier molecular flexibility index (Phi) is 4.52. The SMILES string of the molecule is COc1ccc(C(=O)NC[C@H]2CC[C@@H](c3ncn[nH]3)O2)c(F)c1. The quantitative estimate of drug-likeness (QED) is 0.873. The number of hydrogen-bond donors (Lipinski definition) is 2. The number of nitrogens with zero attached hydrogens (tertiary/aromatic N) is 2. The fourth-order valence-electron chi connectivity index (χ4n) is 2.54. The van der Waals surface area contributed by atoms with Crippen LogP contribution in [0.3, 0.4) is 0 Å². The summed E-state index contributed by atoms with van der Waals surface area (Å²) in [4.78, 5) is 16.1. The van der Waals surface area contributed by atoms with Crippen molar-refractivity contribution in [1.29, 1.82) is 0 Å². The average molecular weight is 320 g/mol. The highest BCUT2D eigenvalue weighted by Gasteiger charge is 2.28. The van der Waals surface area contributed by atoms with Crippen LogP contribution in [-0.4, -0.2) is 40.8 Å². The molecule has 2 heterocycles. The molecule has 0 radical (unpaired) electrons. The van der Waals surface area contributed by atoms with Gasteiger partial charge in [-0.05, 0) is 25.0 Å². The third-order valence-electron chi connectivity index (χ3n) is 3.76. The number of carbonyl (C=O) groups is 1. The molecular formula is C15H17FN4O3. The first-order chi connectivity index (χ1) is 11.2. The van der Waals surface area contributed by atoms with E-state index in [4.69, 9.17) is 9.47 Å². The van der Waals surface area contributed by atoms with E-state index in [0.717, 1.165) is 12.8 Å². The number of ether oxygens (including phenoxy) is 2. The van der Waals surface area contributed by atoms with Crippen molar-refractivity contribution in [1.82, 2.24) is 20.5 Å².